The Balaban J connectivity index is 1.68. The molecule has 1 unspecified atom stereocenters. The van der Waals surface area contributed by atoms with E-state index in [2.05, 4.69) is 33.9 Å². The third-order valence-corrected chi connectivity index (χ3v) is 4.12. The molecule has 0 amide bonds. The second kappa shape index (κ2) is 7.19. The van der Waals surface area contributed by atoms with E-state index in [-0.39, 0.29) is 6.10 Å². The van der Waals surface area contributed by atoms with Gasteiger partial charge in [-0.3, -0.25) is 4.90 Å². The lowest BCUT2D eigenvalue weighted by atomic mass is 10.2. The number of β-amino-alcohol motifs (C(OH)–C–C–N with tert-alkyl or cyclic N) is 1. The molecule has 0 aliphatic carbocycles. The third kappa shape index (κ3) is 4.72. The molecule has 1 aliphatic heterocycles. The van der Waals surface area contributed by atoms with E-state index in [0.29, 0.717) is 12.6 Å². The molecule has 1 atom stereocenters. The van der Waals surface area contributed by atoms with Crippen molar-refractivity contribution < 1.29 is 5.11 Å². The van der Waals surface area contributed by atoms with Gasteiger partial charge in [0.1, 0.15) is 0 Å². The second-order valence-electron chi connectivity index (χ2n) is 5.32. The fourth-order valence-electron chi connectivity index (χ4n) is 2.23. The Bertz CT molecular complexity index is 350. The van der Waals surface area contributed by atoms with E-state index in [1.165, 1.54) is 0 Å². The van der Waals surface area contributed by atoms with Gasteiger partial charge in [0.25, 0.3) is 0 Å². The number of anilines is 1. The minimum Gasteiger partial charge on any atom is -0.390 e. The molecule has 0 saturated carbocycles. The maximum absolute atomic E-state index is 9.97. The number of nitrogens with zero attached hydrogens (tertiary/aromatic N) is 3. The molecule has 1 fully saturated rings. The van der Waals surface area contributed by atoms with Gasteiger partial charge in [-0.05, 0) is 0 Å². The molecule has 1 aromatic rings. The fourth-order valence-corrected chi connectivity index (χ4v) is 2.92. The van der Waals surface area contributed by atoms with Crippen LogP contribution in [0.2, 0.25) is 0 Å². The Morgan fingerprint density at radius 1 is 1.37 bits per heavy atom. The van der Waals surface area contributed by atoms with Crippen LogP contribution >= 0.6 is 11.3 Å². The summed E-state index contributed by atoms with van der Waals surface area (Å²) >= 11 is 1.69. The number of piperazine rings is 1. The van der Waals surface area contributed by atoms with Crippen molar-refractivity contribution in [3.63, 3.8) is 0 Å². The second-order valence-corrected chi connectivity index (χ2v) is 6.19. The quantitative estimate of drug-likeness (QED) is 0.802. The number of aliphatic hydroxyl groups is 1. The first-order valence-electron chi connectivity index (χ1n) is 6.93. The van der Waals surface area contributed by atoms with Gasteiger partial charge in [-0.2, -0.15) is 0 Å². The summed E-state index contributed by atoms with van der Waals surface area (Å²) in [5, 5.41) is 16.4. The van der Waals surface area contributed by atoms with Crippen LogP contribution in [-0.4, -0.2) is 66.4 Å². The molecular weight excluding hydrogens is 260 g/mol. The van der Waals surface area contributed by atoms with Crippen LogP contribution in [0.3, 0.4) is 0 Å². The monoisotopic (exact) mass is 284 g/mol. The molecule has 0 radical (unpaired) electrons. The number of thiazole rings is 1. The molecule has 1 saturated heterocycles. The van der Waals surface area contributed by atoms with Crippen LogP contribution < -0.4 is 10.2 Å². The first-order chi connectivity index (χ1) is 9.15. The van der Waals surface area contributed by atoms with E-state index in [1.54, 1.807) is 11.3 Å². The smallest absolute Gasteiger partial charge is 0.185 e. The zero-order chi connectivity index (χ0) is 13.7. The van der Waals surface area contributed by atoms with Gasteiger partial charge in [-0.15, -0.1) is 11.3 Å². The highest BCUT2D eigenvalue weighted by Gasteiger charge is 2.20. The van der Waals surface area contributed by atoms with Crippen LogP contribution in [0, 0.1) is 0 Å². The van der Waals surface area contributed by atoms with E-state index >= 15 is 0 Å². The predicted molar refractivity (Wildman–Crippen MR) is 79.9 cm³/mol. The van der Waals surface area contributed by atoms with Crippen LogP contribution in [0.25, 0.3) is 0 Å². The van der Waals surface area contributed by atoms with Gasteiger partial charge in [0.15, 0.2) is 5.13 Å². The molecule has 0 spiro atoms. The average molecular weight is 284 g/mol. The summed E-state index contributed by atoms with van der Waals surface area (Å²) in [7, 11) is 0. The van der Waals surface area contributed by atoms with Crippen LogP contribution in [0.15, 0.2) is 11.6 Å². The van der Waals surface area contributed by atoms with Crippen LogP contribution in [0.5, 0.6) is 0 Å². The standard InChI is InChI=1S/C13H24N4OS/c1-11(2)15-9-12(18)10-16-4-6-17(7-5-16)13-14-3-8-19-13/h3,8,11-12,15,18H,4-7,9-10H2,1-2H3. The number of hydrogen-bond acceptors (Lipinski definition) is 6. The molecule has 0 aromatic carbocycles. The van der Waals surface area contributed by atoms with Gasteiger partial charge in [-0.25, -0.2) is 4.98 Å². The molecule has 1 aliphatic rings. The highest BCUT2D eigenvalue weighted by molar-refractivity contribution is 7.13. The minimum absolute atomic E-state index is 0.284. The highest BCUT2D eigenvalue weighted by Crippen LogP contribution is 2.18. The van der Waals surface area contributed by atoms with Crippen molar-refractivity contribution >= 4 is 16.5 Å². The number of rotatable bonds is 6. The zero-order valence-corrected chi connectivity index (χ0v) is 12.6. The van der Waals surface area contributed by atoms with Gasteiger partial charge in [0, 0.05) is 56.9 Å². The Hall–Kier alpha value is -0.690. The SMILES string of the molecule is CC(C)NCC(O)CN1CCN(c2nccs2)CC1. The maximum atomic E-state index is 9.97. The molecule has 108 valence electrons. The number of aromatic nitrogens is 1. The summed E-state index contributed by atoms with van der Waals surface area (Å²) in [4.78, 5) is 8.99. The summed E-state index contributed by atoms with van der Waals surface area (Å²) in [6.07, 6.45) is 1.57. The van der Waals surface area contributed by atoms with Crippen molar-refractivity contribution in [2.24, 2.45) is 0 Å². The molecule has 5 nitrogen and oxygen atoms in total. The van der Waals surface area contributed by atoms with Crippen molar-refractivity contribution in [3.05, 3.63) is 11.6 Å². The largest absolute Gasteiger partial charge is 0.390 e. The summed E-state index contributed by atoms with van der Waals surface area (Å²) < 4.78 is 0. The van der Waals surface area contributed by atoms with E-state index in [9.17, 15) is 5.11 Å². The average Bonchev–Trinajstić information content (AvgIpc) is 2.91. The molecule has 19 heavy (non-hydrogen) atoms. The van der Waals surface area contributed by atoms with Gasteiger partial charge < -0.3 is 15.3 Å². The number of nitrogens with one attached hydrogen (secondary N) is 1. The lowest BCUT2D eigenvalue weighted by Crippen LogP contribution is -2.50. The lowest BCUT2D eigenvalue weighted by molar-refractivity contribution is 0.106. The van der Waals surface area contributed by atoms with Gasteiger partial charge in [-0.1, -0.05) is 13.8 Å². The van der Waals surface area contributed by atoms with Crippen LogP contribution in [-0.2, 0) is 0 Å². The molecule has 0 bridgehead atoms. The summed E-state index contributed by atoms with van der Waals surface area (Å²) in [5.74, 6) is 0. The zero-order valence-electron chi connectivity index (χ0n) is 11.7. The van der Waals surface area contributed by atoms with Gasteiger partial charge in [0.2, 0.25) is 0 Å². The Morgan fingerprint density at radius 2 is 2.11 bits per heavy atom. The van der Waals surface area contributed by atoms with Crippen LogP contribution in [0.1, 0.15) is 13.8 Å². The van der Waals surface area contributed by atoms with E-state index in [4.69, 9.17) is 0 Å². The Morgan fingerprint density at radius 3 is 2.68 bits per heavy atom. The summed E-state index contributed by atoms with van der Waals surface area (Å²) in [6, 6.07) is 0.427. The minimum atomic E-state index is -0.284. The fraction of sp³-hybridized carbons (Fsp3) is 0.769. The highest BCUT2D eigenvalue weighted by atomic mass is 32.1. The molecular formula is C13H24N4OS. The van der Waals surface area contributed by atoms with E-state index in [1.807, 2.05) is 11.6 Å². The first kappa shape index (κ1) is 14.7. The molecule has 2 heterocycles. The van der Waals surface area contributed by atoms with Crippen molar-refractivity contribution in [3.8, 4) is 0 Å². The van der Waals surface area contributed by atoms with Crippen LogP contribution in [0.4, 0.5) is 5.13 Å². The van der Waals surface area contributed by atoms with E-state index < -0.39 is 0 Å². The maximum Gasteiger partial charge on any atom is 0.185 e. The molecule has 6 heteroatoms. The van der Waals surface area contributed by atoms with Crippen molar-refractivity contribution in [2.45, 2.75) is 26.0 Å². The van der Waals surface area contributed by atoms with Crippen molar-refractivity contribution in [1.82, 2.24) is 15.2 Å². The molecule has 1 aromatic heterocycles. The predicted octanol–water partition coefficient (Wildman–Crippen LogP) is 0.624. The first-order valence-corrected chi connectivity index (χ1v) is 7.81. The Labute approximate surface area is 119 Å². The topological polar surface area (TPSA) is 51.6 Å². The summed E-state index contributed by atoms with van der Waals surface area (Å²) in [5.41, 5.74) is 0. The number of aliphatic hydroxyl groups excluding tert-OH is 1. The van der Waals surface area contributed by atoms with Crippen molar-refractivity contribution in [1.29, 1.82) is 0 Å². The van der Waals surface area contributed by atoms with E-state index in [0.717, 1.165) is 37.9 Å². The van der Waals surface area contributed by atoms with Gasteiger partial charge >= 0.3 is 0 Å². The normalized spacial score (nSPS) is 19.1. The van der Waals surface area contributed by atoms with Crippen molar-refractivity contribution in [2.75, 3.05) is 44.2 Å². The molecule has 2 N–H and O–H groups in total. The lowest BCUT2D eigenvalue weighted by Gasteiger charge is -2.35. The van der Waals surface area contributed by atoms with Gasteiger partial charge in [0.05, 0.1) is 6.10 Å². The number of hydrogen-bond donors (Lipinski definition) is 2. The molecule has 2 rings (SSSR count). The Kier molecular flexibility index (Phi) is 5.57. The third-order valence-electron chi connectivity index (χ3n) is 3.29. The summed E-state index contributed by atoms with van der Waals surface area (Å²) in [6.45, 7) is 9.61.